The largest absolute Gasteiger partial charge is 0 e. The summed E-state index contributed by atoms with van der Waals surface area (Å²) in [5.74, 6) is 0. The Bertz CT molecular complexity index is 6.00. The zero-order valence-corrected chi connectivity index (χ0v) is 8.36. The molecule has 0 bridgehead atoms. The smallest absolute Gasteiger partial charge is 0 e. The molecule has 7 radical (unpaired) electrons. The second-order valence-corrected chi connectivity index (χ2v) is 0. The Hall–Kier alpha value is 1.92. The second kappa shape index (κ2) is 20.5. The van der Waals surface area contributed by atoms with Gasteiger partial charge in [0.25, 0.3) is 0 Å². The van der Waals surface area contributed by atoms with E-state index in [4.69, 9.17) is 3.08 Å². The van der Waals surface area contributed by atoms with E-state index in [1.54, 1.807) is 0 Å². The van der Waals surface area contributed by atoms with Crippen molar-refractivity contribution >= 4 is 46.4 Å². The van der Waals surface area contributed by atoms with Crippen molar-refractivity contribution in [3.8, 4) is 0 Å². The molecule has 0 aliphatic rings. The van der Waals surface area contributed by atoms with Crippen molar-refractivity contribution < 1.29 is 20.1 Å². The summed E-state index contributed by atoms with van der Waals surface area (Å²) in [5.41, 5.74) is 0. The first kappa shape index (κ1) is 16.8. The maximum absolute atomic E-state index is 8.34. The van der Waals surface area contributed by atoms with Gasteiger partial charge in [0.05, 0.1) is 0 Å². The van der Waals surface area contributed by atoms with E-state index in [1.165, 1.54) is 0 Å². The van der Waals surface area contributed by atoms with Gasteiger partial charge in [-0.3, -0.25) is 0 Å². The summed E-state index contributed by atoms with van der Waals surface area (Å²) in [6, 6.07) is 0. The first-order valence-corrected chi connectivity index (χ1v) is 1.37. The topological polar surface area (TPSA) is 17.1 Å². The van der Waals surface area contributed by atoms with Crippen molar-refractivity contribution in [3.63, 3.8) is 0 Å². The average molecular weight is 317 g/mol. The molecule has 0 aromatic carbocycles. The molecule has 0 atom stereocenters. The van der Waals surface area contributed by atoms with Gasteiger partial charge in [-0.25, -0.2) is 0 Å². The molecule has 0 aromatic heterocycles. The molecule has 0 unspecified atom stereocenters. The van der Waals surface area contributed by atoms with Crippen molar-refractivity contribution in [1.82, 2.24) is 0 Å². The molecule has 0 heterocycles. The van der Waals surface area contributed by atoms with Crippen LogP contribution >= 0.6 is 0 Å². The monoisotopic (exact) mass is 319 g/mol. The van der Waals surface area contributed by atoms with Crippen LogP contribution in [0.5, 0.6) is 0 Å². The summed E-state index contributed by atoms with van der Waals surface area (Å²) in [4.78, 5) is 0. The van der Waals surface area contributed by atoms with Crippen molar-refractivity contribution in [2.24, 2.45) is 0 Å². The SMILES string of the molecule is [Cu].[O]=[Sn].[Sn]. The van der Waals surface area contributed by atoms with Crippen LogP contribution in [0.15, 0.2) is 0 Å². The molecule has 0 aliphatic heterocycles. The van der Waals surface area contributed by atoms with Crippen molar-refractivity contribution in [2.45, 2.75) is 0 Å². The zero-order valence-electron chi connectivity index (χ0n) is 1.71. The van der Waals surface area contributed by atoms with Crippen LogP contribution < -0.4 is 0 Å². The Kier molecular flexibility index (Phi) is 86.3. The fourth-order valence-electron chi connectivity index (χ4n) is 0. The van der Waals surface area contributed by atoms with Crippen LogP contribution in [0.3, 0.4) is 0 Å². The quantitative estimate of drug-likeness (QED) is 0.530. The van der Waals surface area contributed by atoms with E-state index in [1.807, 2.05) is 0 Å². The van der Waals surface area contributed by atoms with Crippen LogP contribution in [0.25, 0.3) is 0 Å². The molecule has 4 heteroatoms. The number of hydrogen-bond donors (Lipinski definition) is 0. The molecule has 0 aromatic rings. The first-order valence-electron chi connectivity index (χ1n) is 0.204. The summed E-state index contributed by atoms with van der Waals surface area (Å²) in [5, 5.41) is 0. The summed E-state index contributed by atoms with van der Waals surface area (Å²) in [7, 11) is 0. The predicted octanol–water partition coefficient (Wildman–Crippen LogP) is -0.883. The van der Waals surface area contributed by atoms with Crippen LogP contribution in [0.2, 0.25) is 0 Å². The third-order valence-corrected chi connectivity index (χ3v) is 0. The van der Waals surface area contributed by atoms with E-state index in [0.29, 0.717) is 22.5 Å². The van der Waals surface area contributed by atoms with Gasteiger partial charge >= 0.3 is 25.6 Å². The molecule has 4 heavy (non-hydrogen) atoms. The third kappa shape index (κ3) is 9.07. The van der Waals surface area contributed by atoms with Gasteiger partial charge in [0.1, 0.15) is 0 Å². The van der Waals surface area contributed by atoms with Gasteiger partial charge in [0, 0.05) is 41.0 Å². The fourth-order valence-corrected chi connectivity index (χ4v) is 0. The Morgan fingerprint density at radius 3 is 1.25 bits per heavy atom. The van der Waals surface area contributed by atoms with Crippen LogP contribution in [0.4, 0.5) is 0 Å². The van der Waals surface area contributed by atoms with Crippen LogP contribution in [0.1, 0.15) is 0 Å². The van der Waals surface area contributed by atoms with Gasteiger partial charge in [-0.2, -0.15) is 0 Å². The van der Waals surface area contributed by atoms with E-state index in [0.717, 1.165) is 0 Å². The molecule has 0 saturated carbocycles. The van der Waals surface area contributed by atoms with E-state index in [-0.39, 0.29) is 41.0 Å². The second-order valence-electron chi connectivity index (χ2n) is 0. The van der Waals surface area contributed by atoms with Crippen molar-refractivity contribution in [2.75, 3.05) is 0 Å². The maximum Gasteiger partial charge on any atom is 0 e. The molecular formula is CuOSn2. The van der Waals surface area contributed by atoms with Gasteiger partial charge < -0.3 is 0 Å². The molecule has 1 nitrogen and oxygen atoms in total. The molecule has 0 aliphatic carbocycles. The molecule has 25 valence electrons. The molecule has 0 saturated heterocycles. The summed E-state index contributed by atoms with van der Waals surface area (Å²) < 4.78 is 8.34. The van der Waals surface area contributed by atoms with E-state index >= 15 is 0 Å². The molecule has 0 rings (SSSR count). The Labute approximate surface area is 65.8 Å². The predicted molar refractivity (Wildman–Crippen MR) is 12.2 cm³/mol. The van der Waals surface area contributed by atoms with Crippen molar-refractivity contribution in [1.29, 1.82) is 0 Å². The van der Waals surface area contributed by atoms with Crippen LogP contribution in [-0.2, 0) is 20.1 Å². The van der Waals surface area contributed by atoms with Crippen molar-refractivity contribution in [3.05, 3.63) is 0 Å². The average Bonchev–Trinajstić information content (AvgIpc) is 1.00. The summed E-state index contributed by atoms with van der Waals surface area (Å²) in [6.45, 7) is 0. The Balaban J connectivity index is -0.00000000500. The van der Waals surface area contributed by atoms with E-state index in [2.05, 4.69) is 0 Å². The van der Waals surface area contributed by atoms with Crippen LogP contribution in [0, 0.1) is 0 Å². The number of rotatable bonds is 0. The molecule has 0 N–H and O–H groups in total. The summed E-state index contributed by atoms with van der Waals surface area (Å²) in [6.07, 6.45) is 0. The van der Waals surface area contributed by atoms with Crippen LogP contribution in [-0.4, -0.2) is 46.4 Å². The molecular weight excluding hydrogens is 317 g/mol. The van der Waals surface area contributed by atoms with Gasteiger partial charge in [-0.1, -0.05) is 0 Å². The Morgan fingerprint density at radius 1 is 1.25 bits per heavy atom. The van der Waals surface area contributed by atoms with E-state index < -0.39 is 0 Å². The Morgan fingerprint density at radius 2 is 1.25 bits per heavy atom. The molecule has 0 amide bonds. The fraction of sp³-hybridized carbons (Fsp3) is 0. The van der Waals surface area contributed by atoms with Gasteiger partial charge in [-0.05, 0) is 0 Å². The molecule has 0 fully saturated rings. The molecule has 0 spiro atoms. The number of hydrogen-bond acceptors (Lipinski definition) is 1. The third-order valence-electron chi connectivity index (χ3n) is 0. The minimum Gasteiger partial charge on any atom is 0 e. The van der Waals surface area contributed by atoms with E-state index in [9.17, 15) is 0 Å². The van der Waals surface area contributed by atoms with Gasteiger partial charge in [0.15, 0.2) is 0 Å². The zero-order chi connectivity index (χ0) is 2.00. The first-order chi connectivity index (χ1) is 1.00. The minimum atomic E-state index is 0. The minimum absolute atomic E-state index is 0. The van der Waals surface area contributed by atoms with Gasteiger partial charge in [-0.15, -0.1) is 0 Å². The standard InChI is InChI=1S/Cu.O.2Sn. The normalized spacial score (nSPS) is 1.00. The maximum atomic E-state index is 8.34. The summed E-state index contributed by atoms with van der Waals surface area (Å²) >= 11 is 0.300. The van der Waals surface area contributed by atoms with Gasteiger partial charge in [0.2, 0.25) is 0 Å².